The van der Waals surface area contributed by atoms with Gasteiger partial charge in [-0.25, -0.2) is 5.01 Å². The van der Waals surface area contributed by atoms with Crippen molar-refractivity contribution in [1.29, 1.82) is 0 Å². The van der Waals surface area contributed by atoms with Gasteiger partial charge in [0.2, 0.25) is 5.91 Å². The summed E-state index contributed by atoms with van der Waals surface area (Å²) in [4.78, 5) is 25.8. The molecule has 5 aliphatic rings. The van der Waals surface area contributed by atoms with Crippen LogP contribution in [0.5, 0.6) is 0 Å². The summed E-state index contributed by atoms with van der Waals surface area (Å²) in [7, 11) is 0. The summed E-state index contributed by atoms with van der Waals surface area (Å²) in [5, 5.41) is 6.65. The largest absolute Gasteiger partial charge is 0.369 e. The van der Waals surface area contributed by atoms with Crippen molar-refractivity contribution in [2.75, 3.05) is 5.01 Å². The molecule has 2 amide bonds. The van der Waals surface area contributed by atoms with Gasteiger partial charge in [-0.05, 0) is 75.2 Å². The molecule has 2 aromatic rings. The van der Waals surface area contributed by atoms with Crippen molar-refractivity contribution in [3.05, 3.63) is 42.5 Å². The maximum Gasteiger partial charge on any atom is 0.268 e. The zero-order valence-corrected chi connectivity index (χ0v) is 17.7. The number of carbonyl (C=O) groups is 2. The minimum absolute atomic E-state index is 0.124. The van der Waals surface area contributed by atoms with Crippen molar-refractivity contribution >= 4 is 28.3 Å². The molecule has 2 aromatic carbocycles. The van der Waals surface area contributed by atoms with E-state index in [4.69, 9.17) is 5.73 Å². The monoisotopic (exact) mass is 403 g/mol. The van der Waals surface area contributed by atoms with E-state index in [1.807, 2.05) is 13.8 Å². The number of fused-ring (bicyclic) bond motifs is 1. The number of hydrazine groups is 1. The molecule has 0 spiro atoms. The molecule has 5 nitrogen and oxygen atoms in total. The molecule has 7 rings (SSSR count). The number of carbonyl (C=O) groups excluding carboxylic acids is 2. The molecular formula is C25H29N3O2. The fraction of sp³-hybridized carbons (Fsp3) is 0.520. The van der Waals surface area contributed by atoms with Gasteiger partial charge in [0.25, 0.3) is 5.91 Å². The first kappa shape index (κ1) is 18.2. The Morgan fingerprint density at radius 3 is 2.37 bits per heavy atom. The van der Waals surface area contributed by atoms with Crippen LogP contribution < -0.4 is 10.7 Å². The Labute approximate surface area is 177 Å². The van der Waals surface area contributed by atoms with Gasteiger partial charge < -0.3 is 5.73 Å². The third-order valence-corrected chi connectivity index (χ3v) is 8.50. The molecule has 1 aliphatic heterocycles. The van der Waals surface area contributed by atoms with Crippen LogP contribution >= 0.6 is 0 Å². The van der Waals surface area contributed by atoms with Crippen LogP contribution in [0.1, 0.15) is 46.0 Å². The summed E-state index contributed by atoms with van der Waals surface area (Å²) in [6.45, 7) is 4.04. The van der Waals surface area contributed by atoms with Gasteiger partial charge in [0.15, 0.2) is 0 Å². The van der Waals surface area contributed by atoms with Crippen LogP contribution in [0.4, 0.5) is 5.69 Å². The first-order valence-corrected chi connectivity index (χ1v) is 11.2. The highest BCUT2D eigenvalue weighted by atomic mass is 16.2. The molecule has 156 valence electrons. The summed E-state index contributed by atoms with van der Waals surface area (Å²) < 4.78 is 0. The maximum absolute atomic E-state index is 13.4. The van der Waals surface area contributed by atoms with E-state index in [1.54, 1.807) is 0 Å². The van der Waals surface area contributed by atoms with Crippen LogP contribution in [0.15, 0.2) is 42.5 Å². The molecule has 0 aromatic heterocycles. The zero-order chi connectivity index (χ0) is 20.8. The third kappa shape index (κ3) is 2.18. The number of hydrogen-bond acceptors (Lipinski definition) is 3. The van der Waals surface area contributed by atoms with Crippen molar-refractivity contribution in [1.82, 2.24) is 5.01 Å². The Balaban J connectivity index is 1.42. The van der Waals surface area contributed by atoms with E-state index in [2.05, 4.69) is 52.5 Å². The van der Waals surface area contributed by atoms with Crippen LogP contribution in [-0.2, 0) is 9.59 Å². The number of amides is 2. The normalized spacial score (nSPS) is 36.3. The molecule has 2 unspecified atom stereocenters. The van der Waals surface area contributed by atoms with Crippen LogP contribution in [0, 0.1) is 23.2 Å². The van der Waals surface area contributed by atoms with E-state index in [9.17, 15) is 9.59 Å². The average Bonchev–Trinajstić information content (AvgIpc) is 2.71. The fourth-order valence-corrected chi connectivity index (χ4v) is 7.46. The Kier molecular flexibility index (Phi) is 3.51. The van der Waals surface area contributed by atoms with Crippen molar-refractivity contribution < 1.29 is 9.59 Å². The van der Waals surface area contributed by atoms with E-state index in [0.717, 1.165) is 37.8 Å². The van der Waals surface area contributed by atoms with E-state index in [1.165, 1.54) is 10.8 Å². The van der Waals surface area contributed by atoms with E-state index >= 15 is 0 Å². The van der Waals surface area contributed by atoms with Gasteiger partial charge in [0, 0.05) is 10.8 Å². The average molecular weight is 404 g/mol. The van der Waals surface area contributed by atoms with Crippen LogP contribution in [-0.4, -0.2) is 28.4 Å². The Hall–Kier alpha value is -2.56. The number of nitrogens with zero attached hydrogens (tertiary/aromatic N) is 2. The second kappa shape index (κ2) is 5.77. The molecule has 30 heavy (non-hydrogen) atoms. The first-order chi connectivity index (χ1) is 14.3. The molecule has 5 fully saturated rings. The minimum Gasteiger partial charge on any atom is -0.369 e. The second-order valence-electron chi connectivity index (χ2n) is 10.6. The van der Waals surface area contributed by atoms with Crippen molar-refractivity contribution in [2.24, 2.45) is 28.9 Å². The molecular weight excluding hydrogens is 374 g/mol. The van der Waals surface area contributed by atoms with Crippen LogP contribution in [0.25, 0.3) is 10.8 Å². The molecule has 2 N–H and O–H groups in total. The standard InChI is InChI=1S/C25H29N3O2/c1-24(2)23(30)27(28(24)20-9-5-7-16-6-3-4-8-19(16)20)21-17-10-15-11-18(21)14-25(12-15,13-17)22(26)29/h3-9,15,17-18,21H,10-14H2,1-2H3,(H2,26,29)/t15?,17?,18?,21-,25+. The van der Waals surface area contributed by atoms with Crippen LogP contribution in [0.2, 0.25) is 0 Å². The number of rotatable bonds is 3. The minimum atomic E-state index is -0.569. The van der Waals surface area contributed by atoms with Crippen LogP contribution in [0.3, 0.4) is 0 Å². The van der Waals surface area contributed by atoms with Crippen molar-refractivity contribution in [3.63, 3.8) is 0 Å². The third-order valence-electron chi connectivity index (χ3n) is 8.50. The smallest absolute Gasteiger partial charge is 0.268 e. The molecule has 2 atom stereocenters. The highest BCUT2D eigenvalue weighted by Crippen LogP contribution is 2.62. The lowest BCUT2D eigenvalue weighted by molar-refractivity contribution is -0.179. The SMILES string of the molecule is CC1(C)C(=O)N([C@H]2C3CC4CC2C[C@@](C(N)=O)(C4)C3)N1c1cccc2ccccc12. The molecule has 4 aliphatic carbocycles. The van der Waals surface area contributed by atoms with E-state index < -0.39 is 5.54 Å². The maximum atomic E-state index is 13.4. The highest BCUT2D eigenvalue weighted by molar-refractivity contribution is 6.03. The summed E-state index contributed by atoms with van der Waals surface area (Å²) in [5.74, 6) is 1.38. The fourth-order valence-electron chi connectivity index (χ4n) is 7.46. The Bertz CT molecular complexity index is 1060. The number of anilines is 1. The quantitative estimate of drug-likeness (QED) is 0.846. The summed E-state index contributed by atoms with van der Waals surface area (Å²) >= 11 is 0. The van der Waals surface area contributed by atoms with Gasteiger partial charge in [-0.1, -0.05) is 36.4 Å². The first-order valence-electron chi connectivity index (χ1n) is 11.2. The lowest BCUT2D eigenvalue weighted by Crippen LogP contribution is -2.80. The van der Waals surface area contributed by atoms with Gasteiger partial charge in [0.1, 0.15) is 5.54 Å². The Morgan fingerprint density at radius 2 is 1.67 bits per heavy atom. The number of benzene rings is 2. The second-order valence-corrected chi connectivity index (χ2v) is 10.6. The molecule has 4 bridgehead atoms. The molecule has 4 saturated carbocycles. The molecule has 0 radical (unpaired) electrons. The zero-order valence-electron chi connectivity index (χ0n) is 17.7. The Morgan fingerprint density at radius 1 is 1.00 bits per heavy atom. The molecule has 1 heterocycles. The van der Waals surface area contributed by atoms with Crippen molar-refractivity contribution in [3.8, 4) is 0 Å². The summed E-state index contributed by atoms with van der Waals surface area (Å²) in [5.41, 5.74) is 6.07. The van der Waals surface area contributed by atoms with Crippen molar-refractivity contribution in [2.45, 2.75) is 57.5 Å². The van der Waals surface area contributed by atoms with Gasteiger partial charge >= 0.3 is 0 Å². The number of hydrogen-bond donors (Lipinski definition) is 1. The van der Waals surface area contributed by atoms with Gasteiger partial charge in [-0.3, -0.25) is 14.6 Å². The van der Waals surface area contributed by atoms with E-state index in [0.29, 0.717) is 17.8 Å². The lowest BCUT2D eigenvalue weighted by atomic mass is 9.47. The van der Waals surface area contributed by atoms with Gasteiger partial charge in [0.05, 0.1) is 11.7 Å². The van der Waals surface area contributed by atoms with Gasteiger partial charge in [-0.2, -0.15) is 0 Å². The highest BCUT2D eigenvalue weighted by Gasteiger charge is 2.65. The predicted octanol–water partition coefficient (Wildman–Crippen LogP) is 3.86. The summed E-state index contributed by atoms with van der Waals surface area (Å²) in [6.07, 6.45) is 4.86. The number of primary amides is 1. The summed E-state index contributed by atoms with van der Waals surface area (Å²) in [6, 6.07) is 14.9. The molecule has 1 saturated heterocycles. The predicted molar refractivity (Wildman–Crippen MR) is 116 cm³/mol. The lowest BCUT2D eigenvalue weighted by Gasteiger charge is -2.67. The molecule has 5 heteroatoms. The number of nitrogens with two attached hydrogens (primary N) is 1. The topological polar surface area (TPSA) is 66.6 Å². The van der Waals surface area contributed by atoms with Gasteiger partial charge in [-0.15, -0.1) is 0 Å². The van der Waals surface area contributed by atoms with E-state index in [-0.39, 0.29) is 23.3 Å².